The molecule has 1 unspecified atom stereocenters. The zero-order valence-electron chi connectivity index (χ0n) is 21.2. The molecule has 1 aromatic heterocycles. The van der Waals surface area contributed by atoms with Gasteiger partial charge in [0.2, 0.25) is 0 Å². The first kappa shape index (κ1) is 26.7. The number of anilines is 1. The summed E-state index contributed by atoms with van der Waals surface area (Å²) in [4.78, 5) is 15.6. The van der Waals surface area contributed by atoms with E-state index in [9.17, 15) is 0 Å². The molecule has 194 valence electrons. The van der Waals surface area contributed by atoms with Crippen LogP contribution in [0.15, 0.2) is 17.4 Å². The van der Waals surface area contributed by atoms with Gasteiger partial charge in [0.1, 0.15) is 6.29 Å². The highest BCUT2D eigenvalue weighted by molar-refractivity contribution is 5.75. The average molecular weight is 477 g/mol. The van der Waals surface area contributed by atoms with Crippen LogP contribution in [0.4, 0.5) is 5.95 Å². The van der Waals surface area contributed by atoms with Gasteiger partial charge >= 0.3 is 0 Å². The van der Waals surface area contributed by atoms with Crippen LogP contribution in [0.3, 0.4) is 0 Å². The summed E-state index contributed by atoms with van der Waals surface area (Å²) in [5, 5.41) is 0. The molecule has 1 aromatic rings. The molecule has 10 nitrogen and oxygen atoms in total. The van der Waals surface area contributed by atoms with Crippen molar-refractivity contribution in [3.63, 3.8) is 0 Å². The molecule has 1 saturated heterocycles. The molecule has 0 amide bonds. The molecule has 0 radical (unpaired) electrons. The lowest BCUT2D eigenvalue weighted by Crippen LogP contribution is -2.49. The van der Waals surface area contributed by atoms with Gasteiger partial charge in [-0.3, -0.25) is 14.8 Å². The predicted molar refractivity (Wildman–Crippen MR) is 140 cm³/mol. The Labute approximate surface area is 205 Å². The number of rotatable bonds is 14. The van der Waals surface area contributed by atoms with E-state index in [1.165, 1.54) is 44.9 Å². The van der Waals surface area contributed by atoms with E-state index in [4.69, 9.17) is 22.9 Å². The van der Waals surface area contributed by atoms with Gasteiger partial charge in [-0.25, -0.2) is 4.98 Å². The molecular weight excluding hydrogens is 428 g/mol. The zero-order valence-corrected chi connectivity index (χ0v) is 21.2. The standard InChI is InChI=1S/C24H48N10/c1-31(15-17-32-14-12-30-23(32)27)16-18-33-19-21(10-5-11-29-22(25)26)34(24(33)28)13-6-9-20-7-3-2-4-8-20/h12,14,20-21,24H,2-11,13,15-19,28H2,1H3,(H2,27,30)(H4,25,26,29)/t21-,24?/m0/s1. The quantitative estimate of drug-likeness (QED) is 0.177. The minimum atomic E-state index is -0.0165. The van der Waals surface area contributed by atoms with Gasteiger partial charge in [-0.15, -0.1) is 0 Å². The topological polar surface area (TPSA) is 144 Å². The highest BCUT2D eigenvalue weighted by atomic mass is 15.5. The van der Waals surface area contributed by atoms with Gasteiger partial charge in [-0.05, 0) is 38.6 Å². The summed E-state index contributed by atoms with van der Waals surface area (Å²) in [5.74, 6) is 1.67. The Morgan fingerprint density at radius 3 is 2.56 bits per heavy atom. The molecule has 34 heavy (non-hydrogen) atoms. The van der Waals surface area contributed by atoms with Crippen molar-refractivity contribution in [3.05, 3.63) is 12.4 Å². The molecule has 0 bridgehead atoms. The maximum absolute atomic E-state index is 6.78. The third kappa shape index (κ3) is 8.41. The first-order valence-electron chi connectivity index (χ1n) is 13.2. The van der Waals surface area contributed by atoms with Gasteiger partial charge in [0, 0.05) is 64.2 Å². The summed E-state index contributed by atoms with van der Waals surface area (Å²) in [6.45, 7) is 6.47. The lowest BCUT2D eigenvalue weighted by molar-refractivity contribution is 0.111. The number of hydrogen-bond acceptors (Lipinski definition) is 7. The van der Waals surface area contributed by atoms with Crippen molar-refractivity contribution in [1.29, 1.82) is 0 Å². The monoisotopic (exact) mass is 476 g/mol. The number of aromatic nitrogens is 2. The third-order valence-corrected chi connectivity index (χ3v) is 7.61. The normalized spacial score (nSPS) is 22.6. The lowest BCUT2D eigenvalue weighted by Gasteiger charge is -2.30. The van der Waals surface area contributed by atoms with E-state index in [2.05, 4.69) is 31.7 Å². The molecule has 0 spiro atoms. The Balaban J connectivity index is 1.46. The summed E-state index contributed by atoms with van der Waals surface area (Å²) in [6, 6.07) is 0.464. The smallest absolute Gasteiger partial charge is 0.200 e. The SMILES string of the molecule is CN(CCN1C[C@H](CCCN=C(N)N)N(CCCC2CCCCC2)C1N)CCn1ccnc1N. The van der Waals surface area contributed by atoms with E-state index in [0.717, 1.165) is 58.0 Å². The number of hydrogen-bond donors (Lipinski definition) is 4. The van der Waals surface area contributed by atoms with E-state index in [-0.39, 0.29) is 12.2 Å². The Morgan fingerprint density at radius 1 is 1.09 bits per heavy atom. The summed E-state index contributed by atoms with van der Waals surface area (Å²) in [5.41, 5.74) is 23.7. The largest absolute Gasteiger partial charge is 0.370 e. The van der Waals surface area contributed by atoms with Crippen molar-refractivity contribution in [2.75, 3.05) is 52.0 Å². The molecule has 8 N–H and O–H groups in total. The van der Waals surface area contributed by atoms with E-state index >= 15 is 0 Å². The second kappa shape index (κ2) is 13.9. The van der Waals surface area contributed by atoms with Crippen LogP contribution < -0.4 is 22.9 Å². The second-order valence-corrected chi connectivity index (χ2v) is 10.2. The summed E-state index contributed by atoms with van der Waals surface area (Å²) < 4.78 is 1.98. The van der Waals surface area contributed by atoms with Crippen molar-refractivity contribution in [2.24, 2.45) is 28.1 Å². The molecule has 1 aliphatic heterocycles. The average Bonchev–Trinajstić information content (AvgIpc) is 3.37. The molecule has 1 aliphatic carbocycles. The van der Waals surface area contributed by atoms with Crippen LogP contribution >= 0.6 is 0 Å². The van der Waals surface area contributed by atoms with E-state index < -0.39 is 0 Å². The Morgan fingerprint density at radius 2 is 1.85 bits per heavy atom. The number of nitrogens with zero attached hydrogens (tertiary/aromatic N) is 6. The van der Waals surface area contributed by atoms with Gasteiger partial charge in [0.15, 0.2) is 11.9 Å². The number of nitrogen functional groups attached to an aromatic ring is 1. The molecule has 2 fully saturated rings. The van der Waals surface area contributed by atoms with Crippen molar-refractivity contribution < 1.29 is 0 Å². The van der Waals surface area contributed by atoms with Crippen LogP contribution in [0.1, 0.15) is 57.8 Å². The highest BCUT2D eigenvalue weighted by Crippen LogP contribution is 2.28. The Hall–Kier alpha value is -1.88. The van der Waals surface area contributed by atoms with Crippen LogP contribution in [-0.4, -0.2) is 88.9 Å². The summed E-state index contributed by atoms with van der Waals surface area (Å²) in [7, 11) is 2.16. The van der Waals surface area contributed by atoms with Crippen LogP contribution in [0, 0.1) is 5.92 Å². The van der Waals surface area contributed by atoms with Crippen LogP contribution in [0.5, 0.6) is 0 Å². The number of nitrogens with two attached hydrogens (primary N) is 4. The Bertz CT molecular complexity index is 725. The van der Waals surface area contributed by atoms with Gasteiger partial charge in [-0.2, -0.15) is 0 Å². The van der Waals surface area contributed by atoms with Gasteiger partial charge in [-0.1, -0.05) is 32.1 Å². The summed E-state index contributed by atoms with van der Waals surface area (Å²) >= 11 is 0. The maximum atomic E-state index is 6.78. The third-order valence-electron chi connectivity index (χ3n) is 7.61. The van der Waals surface area contributed by atoms with E-state index in [1.807, 2.05) is 10.8 Å². The lowest BCUT2D eigenvalue weighted by atomic mass is 9.86. The molecule has 0 aromatic carbocycles. The van der Waals surface area contributed by atoms with Crippen LogP contribution in [-0.2, 0) is 6.54 Å². The molecule has 2 aliphatic rings. The fraction of sp³-hybridized carbons (Fsp3) is 0.833. The Kier molecular flexibility index (Phi) is 10.9. The van der Waals surface area contributed by atoms with Crippen molar-refractivity contribution in [1.82, 2.24) is 24.3 Å². The predicted octanol–water partition coefficient (Wildman–Crippen LogP) is 1.04. The molecule has 10 heteroatoms. The molecular formula is C24H48N10. The number of guanidine groups is 1. The van der Waals surface area contributed by atoms with Crippen molar-refractivity contribution in [2.45, 2.75) is 76.7 Å². The minimum Gasteiger partial charge on any atom is -0.370 e. The fourth-order valence-electron chi connectivity index (χ4n) is 5.50. The van der Waals surface area contributed by atoms with Gasteiger partial charge < -0.3 is 32.4 Å². The first-order chi connectivity index (χ1) is 16.4. The minimum absolute atomic E-state index is 0.0165. The van der Waals surface area contributed by atoms with Crippen LogP contribution in [0.25, 0.3) is 0 Å². The second-order valence-electron chi connectivity index (χ2n) is 10.2. The molecule has 2 heterocycles. The maximum Gasteiger partial charge on any atom is 0.200 e. The zero-order chi connectivity index (χ0) is 24.3. The number of likely N-dealkylation sites (N-methyl/N-ethyl adjacent to an activating group) is 1. The molecule has 3 rings (SSSR count). The van der Waals surface area contributed by atoms with Gasteiger partial charge in [0.05, 0.1) is 0 Å². The van der Waals surface area contributed by atoms with E-state index in [0.29, 0.717) is 18.5 Å². The van der Waals surface area contributed by atoms with Crippen molar-refractivity contribution >= 4 is 11.9 Å². The first-order valence-corrected chi connectivity index (χ1v) is 13.2. The molecule has 2 atom stereocenters. The summed E-state index contributed by atoms with van der Waals surface area (Å²) in [6.07, 6.45) is 15.4. The fourth-order valence-corrected chi connectivity index (χ4v) is 5.50. The number of imidazole rings is 1. The highest BCUT2D eigenvalue weighted by Gasteiger charge is 2.36. The van der Waals surface area contributed by atoms with E-state index in [1.54, 1.807) is 6.20 Å². The number of aliphatic imine (C=N–C) groups is 1. The molecule has 1 saturated carbocycles. The van der Waals surface area contributed by atoms with Crippen molar-refractivity contribution in [3.8, 4) is 0 Å². The van der Waals surface area contributed by atoms with Crippen LogP contribution in [0.2, 0.25) is 0 Å². The van der Waals surface area contributed by atoms with Gasteiger partial charge in [0.25, 0.3) is 0 Å².